The maximum atomic E-state index is 13.2. The number of para-hydroxylation sites is 1. The zero-order chi connectivity index (χ0) is 19.6. The predicted octanol–water partition coefficient (Wildman–Crippen LogP) is 3.50. The molecule has 0 radical (unpaired) electrons. The first-order chi connectivity index (χ1) is 13.6. The van der Waals surface area contributed by atoms with Crippen molar-refractivity contribution in [2.45, 2.75) is 19.8 Å². The largest absolute Gasteiger partial charge is 0.381 e. The Morgan fingerprint density at radius 3 is 2.43 bits per heavy atom. The van der Waals surface area contributed by atoms with Gasteiger partial charge in [-0.1, -0.05) is 36.4 Å². The quantitative estimate of drug-likeness (QED) is 0.889. The fraction of sp³-hybridized carbons (Fsp3) is 0.391. The van der Waals surface area contributed by atoms with Crippen LogP contribution < -0.4 is 5.32 Å². The second kappa shape index (κ2) is 7.76. The minimum absolute atomic E-state index is 0.00631. The van der Waals surface area contributed by atoms with Crippen molar-refractivity contribution < 1.29 is 14.3 Å². The maximum absolute atomic E-state index is 13.2. The van der Waals surface area contributed by atoms with Crippen LogP contribution in [-0.4, -0.2) is 43.0 Å². The number of benzene rings is 2. The van der Waals surface area contributed by atoms with Gasteiger partial charge in [-0.05, 0) is 43.5 Å². The molecular weight excluding hydrogens is 352 g/mol. The third-order valence-corrected chi connectivity index (χ3v) is 6.16. The van der Waals surface area contributed by atoms with Crippen molar-refractivity contribution in [1.29, 1.82) is 0 Å². The van der Waals surface area contributed by atoms with E-state index in [0.29, 0.717) is 31.9 Å². The first-order valence-electron chi connectivity index (χ1n) is 9.88. The summed E-state index contributed by atoms with van der Waals surface area (Å²) in [7, 11) is 0. The van der Waals surface area contributed by atoms with Crippen molar-refractivity contribution in [1.82, 2.24) is 4.90 Å². The van der Waals surface area contributed by atoms with E-state index in [1.807, 2.05) is 66.4 Å². The number of ether oxygens (including phenoxy) is 1. The molecule has 5 heteroatoms. The molecule has 5 nitrogen and oxygen atoms in total. The molecule has 1 atom stereocenters. The molecule has 0 saturated carbocycles. The highest BCUT2D eigenvalue weighted by atomic mass is 16.5. The molecule has 1 spiro atoms. The Morgan fingerprint density at radius 1 is 1.04 bits per heavy atom. The number of rotatable bonds is 3. The lowest BCUT2D eigenvalue weighted by molar-refractivity contribution is -0.124. The van der Waals surface area contributed by atoms with Gasteiger partial charge in [-0.25, -0.2) is 0 Å². The molecule has 4 rings (SSSR count). The van der Waals surface area contributed by atoms with E-state index < -0.39 is 0 Å². The van der Waals surface area contributed by atoms with Crippen LogP contribution in [0.15, 0.2) is 54.6 Å². The summed E-state index contributed by atoms with van der Waals surface area (Å²) in [6.45, 7) is 4.29. The molecule has 2 saturated heterocycles. The van der Waals surface area contributed by atoms with Crippen LogP contribution in [0.2, 0.25) is 0 Å². The molecule has 146 valence electrons. The summed E-state index contributed by atoms with van der Waals surface area (Å²) < 4.78 is 5.57. The number of nitrogens with one attached hydrogen (secondary N) is 1. The van der Waals surface area contributed by atoms with Gasteiger partial charge in [0.15, 0.2) is 0 Å². The average molecular weight is 378 g/mol. The number of carbonyl (C=O) groups is 2. The molecule has 2 aromatic rings. The van der Waals surface area contributed by atoms with Gasteiger partial charge in [-0.2, -0.15) is 0 Å². The lowest BCUT2D eigenvalue weighted by Crippen LogP contribution is -2.42. The molecule has 0 unspecified atom stereocenters. The van der Waals surface area contributed by atoms with Gasteiger partial charge in [0.2, 0.25) is 5.91 Å². The number of hydrogen-bond acceptors (Lipinski definition) is 3. The minimum Gasteiger partial charge on any atom is -0.381 e. The lowest BCUT2D eigenvalue weighted by atomic mass is 9.71. The van der Waals surface area contributed by atoms with E-state index in [0.717, 1.165) is 24.1 Å². The highest BCUT2D eigenvalue weighted by Crippen LogP contribution is 2.45. The second-order valence-corrected chi connectivity index (χ2v) is 7.88. The summed E-state index contributed by atoms with van der Waals surface area (Å²) in [4.78, 5) is 28.2. The monoisotopic (exact) mass is 378 g/mol. The fourth-order valence-electron chi connectivity index (χ4n) is 4.50. The van der Waals surface area contributed by atoms with Crippen molar-refractivity contribution in [2.24, 2.45) is 11.3 Å². The van der Waals surface area contributed by atoms with Crippen LogP contribution in [0.25, 0.3) is 0 Å². The van der Waals surface area contributed by atoms with E-state index in [1.54, 1.807) is 0 Å². The predicted molar refractivity (Wildman–Crippen MR) is 108 cm³/mol. The summed E-state index contributed by atoms with van der Waals surface area (Å²) in [6, 6.07) is 17.2. The Labute approximate surface area is 165 Å². The maximum Gasteiger partial charge on any atom is 0.254 e. The molecule has 2 aliphatic rings. The van der Waals surface area contributed by atoms with Gasteiger partial charge in [0.05, 0.1) is 5.92 Å². The molecule has 1 N–H and O–H groups in total. The van der Waals surface area contributed by atoms with Gasteiger partial charge in [0.25, 0.3) is 5.91 Å². The van der Waals surface area contributed by atoms with E-state index in [4.69, 9.17) is 4.74 Å². The Balaban J connectivity index is 1.58. The first-order valence-corrected chi connectivity index (χ1v) is 9.88. The van der Waals surface area contributed by atoms with Gasteiger partial charge in [0.1, 0.15) is 0 Å². The molecule has 2 heterocycles. The van der Waals surface area contributed by atoms with Crippen molar-refractivity contribution in [2.75, 3.05) is 31.6 Å². The number of hydrogen-bond donors (Lipinski definition) is 1. The third-order valence-electron chi connectivity index (χ3n) is 6.16. The summed E-state index contributed by atoms with van der Waals surface area (Å²) >= 11 is 0. The van der Waals surface area contributed by atoms with E-state index in [2.05, 4.69) is 5.32 Å². The van der Waals surface area contributed by atoms with Crippen molar-refractivity contribution in [3.8, 4) is 0 Å². The average Bonchev–Trinajstić information content (AvgIpc) is 3.08. The molecule has 0 aromatic heterocycles. The molecule has 2 fully saturated rings. The Morgan fingerprint density at radius 2 is 1.71 bits per heavy atom. The SMILES string of the molecule is Cc1ccccc1C(=O)N1C[C@@H](C(=O)Nc2ccccc2)C2(CCOCC2)C1. The molecule has 2 aromatic carbocycles. The van der Waals surface area contributed by atoms with Crippen LogP contribution >= 0.6 is 0 Å². The van der Waals surface area contributed by atoms with Gasteiger partial charge >= 0.3 is 0 Å². The van der Waals surface area contributed by atoms with Crippen LogP contribution in [0.3, 0.4) is 0 Å². The number of amides is 2. The second-order valence-electron chi connectivity index (χ2n) is 7.88. The first kappa shape index (κ1) is 18.7. The fourth-order valence-corrected chi connectivity index (χ4v) is 4.50. The lowest BCUT2D eigenvalue weighted by Gasteiger charge is -2.37. The van der Waals surface area contributed by atoms with Crippen molar-refractivity contribution in [3.05, 3.63) is 65.7 Å². The van der Waals surface area contributed by atoms with E-state index in [-0.39, 0.29) is 23.1 Å². The topological polar surface area (TPSA) is 58.6 Å². The molecule has 28 heavy (non-hydrogen) atoms. The van der Waals surface area contributed by atoms with E-state index in [9.17, 15) is 9.59 Å². The number of aryl methyl sites for hydroxylation is 1. The van der Waals surface area contributed by atoms with Crippen molar-refractivity contribution >= 4 is 17.5 Å². The highest BCUT2D eigenvalue weighted by molar-refractivity contribution is 5.98. The zero-order valence-electron chi connectivity index (χ0n) is 16.2. The molecule has 0 bridgehead atoms. The number of anilines is 1. The standard InChI is InChI=1S/C23H26N2O3/c1-17-7-5-6-10-19(17)22(27)25-15-20(23(16-25)11-13-28-14-12-23)21(26)24-18-8-3-2-4-9-18/h2-10,20H,11-16H2,1H3,(H,24,26)/t20-/m0/s1. The normalized spacial score (nSPS) is 20.9. The van der Waals surface area contributed by atoms with Crippen molar-refractivity contribution in [3.63, 3.8) is 0 Å². The summed E-state index contributed by atoms with van der Waals surface area (Å²) in [5.74, 6) is -0.225. The number of carbonyl (C=O) groups excluding carboxylic acids is 2. The molecular formula is C23H26N2O3. The van der Waals surface area contributed by atoms with Gasteiger partial charge in [0, 0.05) is 43.0 Å². The number of likely N-dealkylation sites (tertiary alicyclic amines) is 1. The minimum atomic E-state index is -0.232. The van der Waals surface area contributed by atoms with Crippen LogP contribution in [-0.2, 0) is 9.53 Å². The van der Waals surface area contributed by atoms with Crippen LogP contribution in [0, 0.1) is 18.3 Å². The molecule has 0 aliphatic carbocycles. The zero-order valence-corrected chi connectivity index (χ0v) is 16.2. The Hall–Kier alpha value is -2.66. The summed E-state index contributed by atoms with van der Waals surface area (Å²) in [5, 5.41) is 3.05. The highest BCUT2D eigenvalue weighted by Gasteiger charge is 2.51. The summed E-state index contributed by atoms with van der Waals surface area (Å²) in [6.07, 6.45) is 1.61. The summed E-state index contributed by atoms with van der Waals surface area (Å²) in [5.41, 5.74) is 2.26. The molecule has 2 aliphatic heterocycles. The van der Waals surface area contributed by atoms with Gasteiger partial charge < -0.3 is 15.0 Å². The third kappa shape index (κ3) is 3.54. The van der Waals surface area contributed by atoms with Gasteiger partial charge in [-0.3, -0.25) is 9.59 Å². The Bertz CT molecular complexity index is 859. The van der Waals surface area contributed by atoms with E-state index >= 15 is 0 Å². The number of nitrogens with zero attached hydrogens (tertiary/aromatic N) is 1. The van der Waals surface area contributed by atoms with Crippen LogP contribution in [0.1, 0.15) is 28.8 Å². The molecule has 2 amide bonds. The van der Waals surface area contributed by atoms with E-state index in [1.165, 1.54) is 0 Å². The van der Waals surface area contributed by atoms with Crippen LogP contribution in [0.4, 0.5) is 5.69 Å². The smallest absolute Gasteiger partial charge is 0.254 e. The van der Waals surface area contributed by atoms with Crippen LogP contribution in [0.5, 0.6) is 0 Å². The Kier molecular flexibility index (Phi) is 5.18. The van der Waals surface area contributed by atoms with Gasteiger partial charge in [-0.15, -0.1) is 0 Å².